The van der Waals surface area contributed by atoms with Crippen molar-refractivity contribution in [2.75, 3.05) is 26.2 Å². The molecule has 1 N–H and O–H groups in total. The molecule has 0 aliphatic rings. The minimum Gasteiger partial charge on any atom is -0.497 e. The van der Waals surface area contributed by atoms with Gasteiger partial charge < -0.3 is 10.1 Å². The van der Waals surface area contributed by atoms with Crippen molar-refractivity contribution >= 4 is 9.84 Å². The number of rotatable bonds is 9. The maximum Gasteiger partial charge on any atom is 0.147 e. The van der Waals surface area contributed by atoms with Gasteiger partial charge in [-0.15, -0.1) is 0 Å². The van der Waals surface area contributed by atoms with Crippen LogP contribution in [0.25, 0.3) is 0 Å². The minimum atomic E-state index is -2.84. The van der Waals surface area contributed by atoms with E-state index in [0.29, 0.717) is 12.5 Å². The van der Waals surface area contributed by atoms with Crippen molar-refractivity contribution < 1.29 is 13.2 Å². The predicted molar refractivity (Wildman–Crippen MR) is 83.1 cm³/mol. The van der Waals surface area contributed by atoms with Gasteiger partial charge in [0.15, 0.2) is 0 Å². The fraction of sp³-hybridized carbons (Fsp3) is 0.600. The summed E-state index contributed by atoms with van der Waals surface area (Å²) in [7, 11) is 0.746. The van der Waals surface area contributed by atoms with Gasteiger partial charge in [-0.25, -0.2) is 8.42 Å². The summed E-state index contributed by atoms with van der Waals surface area (Å²) in [5, 5.41) is 3.26. The number of hydrogen-bond donors (Lipinski definition) is 1. The second-order valence-electron chi connectivity index (χ2n) is 5.14. The number of sulfone groups is 1. The fourth-order valence-corrected chi connectivity index (χ4v) is 2.85. The lowest BCUT2D eigenvalue weighted by Gasteiger charge is -2.15. The predicted octanol–water partition coefficient (Wildman–Crippen LogP) is 2.04. The standard InChI is InChI=1S/C15H25NO3S/c1-16-14(5-4-12-20(3,17)18)9-6-13-7-10-15(19-2)11-8-13/h7-8,10-11,14,16H,4-6,9,12H2,1-3H3. The average Bonchev–Trinajstić information content (AvgIpc) is 2.42. The van der Waals surface area contributed by atoms with Crippen LogP contribution in [0, 0.1) is 0 Å². The van der Waals surface area contributed by atoms with Crippen LogP contribution in [0.15, 0.2) is 24.3 Å². The van der Waals surface area contributed by atoms with E-state index in [-0.39, 0.29) is 5.75 Å². The first-order valence-corrected chi connectivity index (χ1v) is 8.98. The molecule has 1 rings (SSSR count). The first-order valence-electron chi connectivity index (χ1n) is 6.92. The molecule has 0 aromatic heterocycles. The molecule has 1 aromatic rings. The van der Waals surface area contributed by atoms with Gasteiger partial charge in [-0.1, -0.05) is 12.1 Å². The molecular formula is C15H25NO3S. The number of aryl methyl sites for hydroxylation is 1. The molecule has 1 aromatic carbocycles. The molecule has 1 atom stereocenters. The van der Waals surface area contributed by atoms with Gasteiger partial charge in [-0.3, -0.25) is 0 Å². The van der Waals surface area contributed by atoms with Crippen LogP contribution in [0.3, 0.4) is 0 Å². The van der Waals surface area contributed by atoms with Gasteiger partial charge in [0.25, 0.3) is 0 Å². The molecule has 0 saturated carbocycles. The van der Waals surface area contributed by atoms with E-state index in [1.165, 1.54) is 11.8 Å². The van der Waals surface area contributed by atoms with Gasteiger partial charge in [0.1, 0.15) is 15.6 Å². The van der Waals surface area contributed by atoms with Crippen molar-refractivity contribution in [2.45, 2.75) is 31.7 Å². The zero-order valence-corrected chi connectivity index (χ0v) is 13.4. The molecular weight excluding hydrogens is 274 g/mol. The molecule has 20 heavy (non-hydrogen) atoms. The summed E-state index contributed by atoms with van der Waals surface area (Å²) in [5.74, 6) is 1.14. The Hall–Kier alpha value is -1.07. The van der Waals surface area contributed by atoms with Crippen LogP contribution in [-0.4, -0.2) is 40.6 Å². The smallest absolute Gasteiger partial charge is 0.147 e. The van der Waals surface area contributed by atoms with Crippen molar-refractivity contribution in [3.63, 3.8) is 0 Å². The van der Waals surface area contributed by atoms with E-state index < -0.39 is 9.84 Å². The average molecular weight is 299 g/mol. The lowest BCUT2D eigenvalue weighted by Crippen LogP contribution is -2.26. The van der Waals surface area contributed by atoms with E-state index in [1.54, 1.807) is 7.11 Å². The molecule has 0 heterocycles. The van der Waals surface area contributed by atoms with Crippen LogP contribution in [0.1, 0.15) is 24.8 Å². The first-order chi connectivity index (χ1) is 9.44. The Bertz CT molecular complexity index is 482. The van der Waals surface area contributed by atoms with Gasteiger partial charge >= 0.3 is 0 Å². The Morgan fingerprint density at radius 1 is 1.20 bits per heavy atom. The Morgan fingerprint density at radius 2 is 1.85 bits per heavy atom. The number of ether oxygens (including phenoxy) is 1. The SMILES string of the molecule is CNC(CCCS(C)(=O)=O)CCc1ccc(OC)cc1. The van der Waals surface area contributed by atoms with E-state index in [4.69, 9.17) is 4.74 Å². The maximum atomic E-state index is 11.1. The lowest BCUT2D eigenvalue weighted by molar-refractivity contribution is 0.414. The largest absolute Gasteiger partial charge is 0.497 e. The van der Waals surface area contributed by atoms with Gasteiger partial charge in [-0.05, 0) is 50.4 Å². The highest BCUT2D eigenvalue weighted by Crippen LogP contribution is 2.14. The molecule has 0 radical (unpaired) electrons. The van der Waals surface area contributed by atoms with E-state index in [9.17, 15) is 8.42 Å². The summed E-state index contributed by atoms with van der Waals surface area (Å²) in [6.45, 7) is 0. The van der Waals surface area contributed by atoms with Crippen molar-refractivity contribution in [3.8, 4) is 5.75 Å². The van der Waals surface area contributed by atoms with Crippen LogP contribution in [-0.2, 0) is 16.3 Å². The van der Waals surface area contributed by atoms with Crippen LogP contribution in [0.4, 0.5) is 0 Å². The summed E-state index contributed by atoms with van der Waals surface area (Å²) >= 11 is 0. The van der Waals surface area contributed by atoms with Gasteiger partial charge in [0.05, 0.1) is 7.11 Å². The molecule has 1 unspecified atom stereocenters. The molecule has 0 spiro atoms. The quantitative estimate of drug-likeness (QED) is 0.758. The first kappa shape index (κ1) is 17.0. The normalized spacial score (nSPS) is 13.2. The summed E-state index contributed by atoms with van der Waals surface area (Å²) in [5.41, 5.74) is 1.27. The van der Waals surface area contributed by atoms with Crippen LogP contribution >= 0.6 is 0 Å². The van der Waals surface area contributed by atoms with E-state index >= 15 is 0 Å². The van der Waals surface area contributed by atoms with Gasteiger partial charge in [-0.2, -0.15) is 0 Å². The van der Waals surface area contributed by atoms with Gasteiger partial charge in [0, 0.05) is 18.1 Å². The number of methoxy groups -OCH3 is 1. The second-order valence-corrected chi connectivity index (χ2v) is 7.40. The van der Waals surface area contributed by atoms with Crippen LogP contribution in [0.2, 0.25) is 0 Å². The summed E-state index contributed by atoms with van der Waals surface area (Å²) in [6, 6.07) is 8.43. The van der Waals surface area contributed by atoms with E-state index in [1.807, 2.05) is 19.2 Å². The molecule has 5 heteroatoms. The Labute approximate surface area is 122 Å². The minimum absolute atomic E-state index is 0.272. The summed E-state index contributed by atoms with van der Waals surface area (Å²) in [6.07, 6.45) is 4.88. The summed E-state index contributed by atoms with van der Waals surface area (Å²) < 4.78 is 27.3. The highest BCUT2D eigenvalue weighted by atomic mass is 32.2. The van der Waals surface area contributed by atoms with Crippen molar-refractivity contribution in [1.29, 1.82) is 0 Å². The highest BCUT2D eigenvalue weighted by molar-refractivity contribution is 7.90. The Morgan fingerprint density at radius 3 is 2.35 bits per heavy atom. The van der Waals surface area contributed by atoms with Crippen LogP contribution < -0.4 is 10.1 Å². The fourth-order valence-electron chi connectivity index (χ4n) is 2.16. The number of nitrogens with one attached hydrogen (secondary N) is 1. The summed E-state index contributed by atoms with van der Waals surface area (Å²) in [4.78, 5) is 0. The lowest BCUT2D eigenvalue weighted by atomic mass is 10.0. The van der Waals surface area contributed by atoms with E-state index in [0.717, 1.165) is 25.0 Å². The van der Waals surface area contributed by atoms with Crippen molar-refractivity contribution in [1.82, 2.24) is 5.32 Å². The molecule has 0 bridgehead atoms. The zero-order chi connectivity index (χ0) is 15.0. The zero-order valence-electron chi connectivity index (χ0n) is 12.6. The maximum absolute atomic E-state index is 11.1. The molecule has 0 amide bonds. The number of hydrogen-bond acceptors (Lipinski definition) is 4. The molecule has 114 valence electrons. The monoisotopic (exact) mass is 299 g/mol. The Balaban J connectivity index is 2.36. The second kappa shape index (κ2) is 8.27. The Kier molecular flexibility index (Phi) is 7.02. The van der Waals surface area contributed by atoms with Gasteiger partial charge in [0.2, 0.25) is 0 Å². The third kappa shape index (κ3) is 6.91. The molecule has 4 nitrogen and oxygen atoms in total. The highest BCUT2D eigenvalue weighted by Gasteiger charge is 2.09. The molecule has 0 fully saturated rings. The molecule has 0 aliphatic carbocycles. The molecule has 0 saturated heterocycles. The van der Waals surface area contributed by atoms with Crippen molar-refractivity contribution in [2.24, 2.45) is 0 Å². The molecule has 0 aliphatic heterocycles. The third-order valence-electron chi connectivity index (χ3n) is 3.42. The van der Waals surface area contributed by atoms with E-state index in [2.05, 4.69) is 17.4 Å². The van der Waals surface area contributed by atoms with Crippen molar-refractivity contribution in [3.05, 3.63) is 29.8 Å². The van der Waals surface area contributed by atoms with Crippen LogP contribution in [0.5, 0.6) is 5.75 Å². The topological polar surface area (TPSA) is 55.4 Å². The number of benzene rings is 1. The third-order valence-corrected chi connectivity index (χ3v) is 4.45.